The molecular formula is C25H29N9O2. The second kappa shape index (κ2) is 8.58. The van der Waals surface area contributed by atoms with Gasteiger partial charge in [0.2, 0.25) is 11.9 Å². The number of likely N-dealkylation sites (tertiary alicyclic amines) is 1. The molecule has 1 amide bonds. The lowest BCUT2D eigenvalue weighted by atomic mass is 10.0. The van der Waals surface area contributed by atoms with Crippen molar-refractivity contribution in [3.05, 3.63) is 46.9 Å². The van der Waals surface area contributed by atoms with E-state index >= 15 is 0 Å². The van der Waals surface area contributed by atoms with E-state index in [-0.39, 0.29) is 23.6 Å². The van der Waals surface area contributed by atoms with Gasteiger partial charge < -0.3 is 10.2 Å². The molecular weight excluding hydrogens is 458 g/mol. The Morgan fingerprint density at radius 2 is 1.83 bits per heavy atom. The summed E-state index contributed by atoms with van der Waals surface area (Å²) >= 11 is 0. The molecule has 0 radical (unpaired) electrons. The number of hydrogen-bond acceptors (Lipinski definition) is 7. The number of carbonyl (C=O) groups is 1. The highest BCUT2D eigenvalue weighted by Gasteiger charge is 2.35. The average Bonchev–Trinajstić information content (AvgIpc) is 3.59. The van der Waals surface area contributed by atoms with Crippen molar-refractivity contribution in [3.63, 3.8) is 0 Å². The molecule has 11 nitrogen and oxygen atoms in total. The first-order valence-corrected chi connectivity index (χ1v) is 12.3. The minimum absolute atomic E-state index is 0.00521. The molecule has 1 saturated carbocycles. The first-order chi connectivity index (χ1) is 17.4. The number of piperidine rings is 1. The standard InChI is InChI=1S/C25H29N9O2/c1-15-10-19(17-11-28-31(2)14-17)26-12-20(15)29-24-27-13-21-22(30-24)34(25(36)32(21)3)18-6-8-33(9-7-18)23(35)16-4-5-16/h10-14,16,18H,4-9H2,1-3H3,(H,27,29,30). The molecule has 11 heteroatoms. The Labute approximate surface area is 207 Å². The van der Waals surface area contributed by atoms with Crippen molar-refractivity contribution in [2.45, 2.75) is 38.6 Å². The first kappa shape index (κ1) is 22.4. The lowest BCUT2D eigenvalue weighted by molar-refractivity contribution is -0.133. The molecule has 0 aromatic carbocycles. The van der Waals surface area contributed by atoms with E-state index in [1.807, 2.05) is 31.1 Å². The minimum atomic E-state index is -0.109. The summed E-state index contributed by atoms with van der Waals surface area (Å²) in [5, 5.41) is 7.48. The Bertz CT molecular complexity index is 1520. The summed E-state index contributed by atoms with van der Waals surface area (Å²) < 4.78 is 5.11. The first-order valence-electron chi connectivity index (χ1n) is 12.3. The van der Waals surface area contributed by atoms with Gasteiger partial charge in [-0.2, -0.15) is 10.1 Å². The van der Waals surface area contributed by atoms with E-state index in [0.29, 0.717) is 30.2 Å². The van der Waals surface area contributed by atoms with Crippen LogP contribution in [0.25, 0.3) is 22.4 Å². The predicted molar refractivity (Wildman–Crippen MR) is 135 cm³/mol. The molecule has 0 bridgehead atoms. The number of nitrogens with zero attached hydrogens (tertiary/aromatic N) is 8. The Kier molecular flexibility index (Phi) is 5.35. The minimum Gasteiger partial charge on any atom is -0.342 e. The van der Waals surface area contributed by atoms with Gasteiger partial charge in [-0.1, -0.05) is 0 Å². The highest BCUT2D eigenvalue weighted by molar-refractivity contribution is 5.81. The van der Waals surface area contributed by atoms with Crippen LogP contribution >= 0.6 is 0 Å². The van der Waals surface area contributed by atoms with Gasteiger partial charge in [0.1, 0.15) is 5.52 Å². The van der Waals surface area contributed by atoms with E-state index in [4.69, 9.17) is 4.98 Å². The smallest absolute Gasteiger partial charge is 0.330 e. The number of imidazole rings is 1. The Morgan fingerprint density at radius 3 is 2.50 bits per heavy atom. The van der Waals surface area contributed by atoms with Gasteiger partial charge in [0.15, 0.2) is 5.65 Å². The maximum atomic E-state index is 13.2. The quantitative estimate of drug-likeness (QED) is 0.460. The number of hydrogen-bond donors (Lipinski definition) is 1. The number of amides is 1. The van der Waals surface area contributed by atoms with E-state index in [0.717, 1.165) is 48.2 Å². The van der Waals surface area contributed by atoms with Crippen LogP contribution < -0.4 is 11.0 Å². The number of carbonyl (C=O) groups excluding carboxylic acids is 1. The summed E-state index contributed by atoms with van der Waals surface area (Å²) in [6, 6.07) is 1.99. The summed E-state index contributed by atoms with van der Waals surface area (Å²) in [6.45, 7) is 3.35. The molecule has 1 aliphatic carbocycles. The van der Waals surface area contributed by atoms with Gasteiger partial charge in [-0.3, -0.25) is 23.6 Å². The molecule has 4 aromatic rings. The van der Waals surface area contributed by atoms with E-state index in [1.54, 1.807) is 39.5 Å². The van der Waals surface area contributed by atoms with Crippen molar-refractivity contribution in [1.29, 1.82) is 0 Å². The molecule has 1 N–H and O–H groups in total. The number of anilines is 2. The molecule has 36 heavy (non-hydrogen) atoms. The molecule has 0 unspecified atom stereocenters. The van der Waals surface area contributed by atoms with Crippen LogP contribution in [0.3, 0.4) is 0 Å². The fourth-order valence-corrected chi connectivity index (χ4v) is 4.98. The van der Waals surface area contributed by atoms with Crippen LogP contribution in [-0.4, -0.2) is 57.8 Å². The van der Waals surface area contributed by atoms with E-state index in [2.05, 4.69) is 20.4 Å². The number of aromatic nitrogens is 7. The van der Waals surface area contributed by atoms with Crippen LogP contribution in [0.5, 0.6) is 0 Å². The molecule has 186 valence electrons. The number of pyridine rings is 1. The molecule has 0 atom stereocenters. The summed E-state index contributed by atoms with van der Waals surface area (Å²) in [7, 11) is 3.62. The summed E-state index contributed by atoms with van der Waals surface area (Å²) in [5.41, 5.74) is 4.74. The third-order valence-corrected chi connectivity index (χ3v) is 7.26. The number of nitrogens with one attached hydrogen (secondary N) is 1. The van der Waals surface area contributed by atoms with Crippen LogP contribution in [0.15, 0.2) is 35.6 Å². The molecule has 0 spiro atoms. The van der Waals surface area contributed by atoms with Gasteiger partial charge >= 0.3 is 5.69 Å². The monoisotopic (exact) mass is 487 g/mol. The maximum Gasteiger partial charge on any atom is 0.330 e. The lowest BCUT2D eigenvalue weighted by Gasteiger charge is -2.32. The molecule has 4 aromatic heterocycles. The highest BCUT2D eigenvalue weighted by atomic mass is 16.2. The highest BCUT2D eigenvalue weighted by Crippen LogP contribution is 2.33. The number of fused-ring (bicyclic) bond motifs is 1. The fourth-order valence-electron chi connectivity index (χ4n) is 4.98. The molecule has 1 saturated heterocycles. The van der Waals surface area contributed by atoms with Crippen LogP contribution in [-0.2, 0) is 18.9 Å². The van der Waals surface area contributed by atoms with Crippen molar-refractivity contribution in [2.75, 3.05) is 18.4 Å². The van der Waals surface area contributed by atoms with Crippen LogP contribution in [0.2, 0.25) is 0 Å². The van der Waals surface area contributed by atoms with Gasteiger partial charge in [-0.05, 0) is 44.2 Å². The van der Waals surface area contributed by atoms with Crippen molar-refractivity contribution >= 4 is 28.7 Å². The molecule has 5 heterocycles. The average molecular weight is 488 g/mol. The van der Waals surface area contributed by atoms with E-state index < -0.39 is 0 Å². The molecule has 2 fully saturated rings. The molecule has 6 rings (SSSR count). The Balaban J connectivity index is 1.26. The van der Waals surface area contributed by atoms with Gasteiger partial charge in [0.25, 0.3) is 0 Å². The van der Waals surface area contributed by atoms with Crippen LogP contribution in [0.4, 0.5) is 11.6 Å². The molecule has 2 aliphatic rings. The Morgan fingerprint density at radius 1 is 1.06 bits per heavy atom. The molecule has 1 aliphatic heterocycles. The van der Waals surface area contributed by atoms with Gasteiger partial charge in [-0.25, -0.2) is 9.78 Å². The second-order valence-corrected chi connectivity index (χ2v) is 9.86. The van der Waals surface area contributed by atoms with Gasteiger partial charge in [-0.15, -0.1) is 0 Å². The zero-order chi connectivity index (χ0) is 25.0. The summed E-state index contributed by atoms with van der Waals surface area (Å²) in [5.74, 6) is 0.896. The van der Waals surface area contributed by atoms with Crippen molar-refractivity contribution < 1.29 is 4.79 Å². The maximum absolute atomic E-state index is 13.2. The Hall–Kier alpha value is -4.02. The SMILES string of the molecule is Cc1cc(-c2cnn(C)c2)ncc1Nc1ncc2c(n1)n(C1CCN(C(=O)C3CC3)CC1)c(=O)n2C. The third kappa shape index (κ3) is 3.94. The van der Waals surface area contributed by atoms with Gasteiger partial charge in [0.05, 0.1) is 30.0 Å². The largest absolute Gasteiger partial charge is 0.342 e. The third-order valence-electron chi connectivity index (χ3n) is 7.26. The predicted octanol–water partition coefficient (Wildman–Crippen LogP) is 2.55. The normalized spacial score (nSPS) is 16.6. The van der Waals surface area contributed by atoms with Crippen molar-refractivity contribution in [3.8, 4) is 11.3 Å². The second-order valence-electron chi connectivity index (χ2n) is 9.86. The fraction of sp³-hybridized carbons (Fsp3) is 0.440. The van der Waals surface area contributed by atoms with E-state index in [1.165, 1.54) is 0 Å². The van der Waals surface area contributed by atoms with Crippen molar-refractivity contribution in [1.82, 2.24) is 38.8 Å². The van der Waals surface area contributed by atoms with Crippen molar-refractivity contribution in [2.24, 2.45) is 20.0 Å². The number of rotatable bonds is 5. The van der Waals surface area contributed by atoms with E-state index in [9.17, 15) is 9.59 Å². The zero-order valence-corrected chi connectivity index (χ0v) is 20.7. The number of aryl methyl sites for hydroxylation is 3. The summed E-state index contributed by atoms with van der Waals surface area (Å²) in [6.07, 6.45) is 10.6. The summed E-state index contributed by atoms with van der Waals surface area (Å²) in [4.78, 5) is 41.3. The van der Waals surface area contributed by atoms with Crippen LogP contribution in [0.1, 0.15) is 37.3 Å². The van der Waals surface area contributed by atoms with Gasteiger partial charge in [0, 0.05) is 50.9 Å². The lowest BCUT2D eigenvalue weighted by Crippen LogP contribution is -2.41. The van der Waals surface area contributed by atoms with Crippen LogP contribution in [0, 0.1) is 12.8 Å². The zero-order valence-electron chi connectivity index (χ0n) is 20.7. The topological polar surface area (TPSA) is 116 Å².